The topological polar surface area (TPSA) is 87.5 Å². The van der Waals surface area contributed by atoms with Crippen LogP contribution in [0.5, 0.6) is 0 Å². The molecule has 0 bridgehead atoms. The number of aryl methyl sites for hydroxylation is 2. The zero-order valence-corrected chi connectivity index (χ0v) is 15.3. The smallest absolute Gasteiger partial charge is 0.258 e. The second-order valence-electron chi connectivity index (χ2n) is 6.99. The van der Waals surface area contributed by atoms with Crippen molar-refractivity contribution >= 4 is 17.5 Å². The van der Waals surface area contributed by atoms with Gasteiger partial charge in [-0.2, -0.15) is 5.10 Å². The first-order chi connectivity index (χ1) is 12.3. The fourth-order valence-electron chi connectivity index (χ4n) is 3.32. The quantitative estimate of drug-likeness (QED) is 0.878. The van der Waals surface area contributed by atoms with Crippen molar-refractivity contribution in [2.75, 3.05) is 18.4 Å². The summed E-state index contributed by atoms with van der Waals surface area (Å²) in [6.07, 6.45) is 4.18. The molecular formula is C19H24N4O3. The van der Waals surface area contributed by atoms with Gasteiger partial charge in [0, 0.05) is 13.5 Å². The Bertz CT molecular complexity index is 845. The number of benzene rings is 1. The van der Waals surface area contributed by atoms with Crippen molar-refractivity contribution in [2.45, 2.75) is 39.2 Å². The van der Waals surface area contributed by atoms with E-state index in [2.05, 4.69) is 16.5 Å². The Labute approximate surface area is 152 Å². The first-order valence-corrected chi connectivity index (χ1v) is 8.70. The lowest BCUT2D eigenvalue weighted by molar-refractivity contribution is -0.146. The van der Waals surface area contributed by atoms with Gasteiger partial charge in [0.2, 0.25) is 5.91 Å². The summed E-state index contributed by atoms with van der Waals surface area (Å²) < 4.78 is 1.69. The van der Waals surface area contributed by atoms with Crippen molar-refractivity contribution in [3.8, 4) is 5.69 Å². The molecule has 7 heteroatoms. The summed E-state index contributed by atoms with van der Waals surface area (Å²) in [5.41, 5.74) is 2.10. The molecule has 2 aromatic rings. The molecule has 1 saturated heterocycles. The van der Waals surface area contributed by atoms with Crippen LogP contribution in [0.3, 0.4) is 0 Å². The summed E-state index contributed by atoms with van der Waals surface area (Å²) in [4.78, 5) is 25.6. The number of nitrogens with one attached hydrogen (secondary N) is 1. The molecule has 26 heavy (non-hydrogen) atoms. The van der Waals surface area contributed by atoms with E-state index in [0.29, 0.717) is 25.1 Å². The predicted molar refractivity (Wildman–Crippen MR) is 98.1 cm³/mol. The normalized spacial score (nSPS) is 20.1. The Morgan fingerprint density at radius 2 is 2.08 bits per heavy atom. The summed E-state index contributed by atoms with van der Waals surface area (Å²) >= 11 is 0. The third-order valence-electron chi connectivity index (χ3n) is 4.78. The van der Waals surface area contributed by atoms with E-state index >= 15 is 0 Å². The molecule has 1 fully saturated rings. The van der Waals surface area contributed by atoms with Crippen LogP contribution in [0.4, 0.5) is 5.69 Å². The highest BCUT2D eigenvalue weighted by Crippen LogP contribution is 2.24. The molecule has 0 aliphatic carbocycles. The fourth-order valence-corrected chi connectivity index (χ4v) is 3.32. The number of piperidine rings is 1. The minimum Gasteiger partial charge on any atom is -0.378 e. The lowest BCUT2D eigenvalue weighted by atomic mass is 9.91. The summed E-state index contributed by atoms with van der Waals surface area (Å²) in [6, 6.07) is 6.04. The van der Waals surface area contributed by atoms with Crippen LogP contribution in [0.1, 0.15) is 30.9 Å². The maximum absolute atomic E-state index is 12.6. The molecule has 1 aliphatic rings. The van der Waals surface area contributed by atoms with Crippen LogP contribution in [0.15, 0.2) is 30.6 Å². The van der Waals surface area contributed by atoms with Crippen molar-refractivity contribution in [1.82, 2.24) is 14.7 Å². The van der Waals surface area contributed by atoms with E-state index in [1.54, 1.807) is 17.1 Å². The fraction of sp³-hybridized carbons (Fsp3) is 0.421. The first-order valence-electron chi connectivity index (χ1n) is 8.70. The number of carbonyl (C=O) groups is 2. The Morgan fingerprint density at radius 1 is 1.31 bits per heavy atom. The molecule has 2 N–H and O–H groups in total. The van der Waals surface area contributed by atoms with Crippen LogP contribution < -0.4 is 5.32 Å². The van der Waals surface area contributed by atoms with Crippen molar-refractivity contribution in [3.63, 3.8) is 0 Å². The van der Waals surface area contributed by atoms with Gasteiger partial charge >= 0.3 is 0 Å². The summed E-state index contributed by atoms with van der Waals surface area (Å²) in [5.74, 6) is -0.651. The lowest BCUT2D eigenvalue weighted by Crippen LogP contribution is -2.56. The van der Waals surface area contributed by atoms with Crippen LogP contribution in [0, 0.1) is 13.8 Å². The zero-order valence-electron chi connectivity index (χ0n) is 15.3. The van der Waals surface area contributed by atoms with Crippen LogP contribution in [0.2, 0.25) is 0 Å². The standard InChI is InChI=1S/C19H24N4O3/c1-13-5-6-17(14(2)9-13)23-11-16(10-20-23)21-18(25)19(26)7-4-8-22(12-19)15(3)24/h5-6,9-11,26H,4,7-8,12H2,1-3H3,(H,21,25). The third-order valence-corrected chi connectivity index (χ3v) is 4.78. The minimum absolute atomic E-state index is 0.0133. The number of hydrogen-bond acceptors (Lipinski definition) is 4. The molecule has 0 radical (unpaired) electrons. The Hall–Kier alpha value is -2.67. The molecule has 0 spiro atoms. The molecule has 1 aliphatic heterocycles. The van der Waals surface area contributed by atoms with Crippen molar-refractivity contribution in [2.24, 2.45) is 0 Å². The molecule has 1 atom stereocenters. The number of β-amino-alcohol motifs (C(OH)–C–C–N with tert-alkyl or cyclic N) is 1. The van der Waals surface area contributed by atoms with Gasteiger partial charge in [0.1, 0.15) is 0 Å². The van der Waals surface area contributed by atoms with Crippen LogP contribution >= 0.6 is 0 Å². The van der Waals surface area contributed by atoms with Crippen molar-refractivity contribution < 1.29 is 14.7 Å². The molecule has 2 heterocycles. The minimum atomic E-state index is -1.58. The second-order valence-corrected chi connectivity index (χ2v) is 6.99. The average Bonchev–Trinajstić information content (AvgIpc) is 3.03. The third kappa shape index (κ3) is 3.62. The molecule has 138 valence electrons. The van der Waals surface area contributed by atoms with E-state index in [0.717, 1.165) is 11.3 Å². The summed E-state index contributed by atoms with van der Waals surface area (Å²) in [6.45, 7) is 6.05. The van der Waals surface area contributed by atoms with Crippen molar-refractivity contribution in [3.05, 3.63) is 41.7 Å². The molecule has 3 rings (SSSR count). The van der Waals surface area contributed by atoms with E-state index in [4.69, 9.17) is 0 Å². The number of rotatable bonds is 3. The van der Waals surface area contributed by atoms with Crippen LogP contribution in [0.25, 0.3) is 5.69 Å². The zero-order chi connectivity index (χ0) is 18.9. The number of aromatic nitrogens is 2. The predicted octanol–water partition coefficient (Wildman–Crippen LogP) is 1.80. The molecule has 2 amide bonds. The molecule has 7 nitrogen and oxygen atoms in total. The number of hydrogen-bond donors (Lipinski definition) is 2. The molecular weight excluding hydrogens is 332 g/mol. The van der Waals surface area contributed by atoms with Crippen LogP contribution in [-0.2, 0) is 9.59 Å². The molecule has 1 aromatic heterocycles. The average molecular weight is 356 g/mol. The SMILES string of the molecule is CC(=O)N1CCCC(O)(C(=O)Nc2cnn(-c3ccc(C)cc3C)c2)C1. The Kier molecular flexibility index (Phi) is 4.82. The molecule has 1 aromatic carbocycles. The van der Waals surface area contributed by atoms with Gasteiger partial charge in [0.25, 0.3) is 5.91 Å². The van der Waals surface area contributed by atoms with Gasteiger partial charge in [-0.05, 0) is 38.3 Å². The van der Waals surface area contributed by atoms with Gasteiger partial charge in [-0.25, -0.2) is 4.68 Å². The van der Waals surface area contributed by atoms with E-state index in [1.165, 1.54) is 17.4 Å². The number of amides is 2. The highest BCUT2D eigenvalue weighted by atomic mass is 16.3. The van der Waals surface area contributed by atoms with Crippen molar-refractivity contribution in [1.29, 1.82) is 0 Å². The maximum atomic E-state index is 12.6. The van der Waals surface area contributed by atoms with E-state index in [9.17, 15) is 14.7 Å². The lowest BCUT2D eigenvalue weighted by Gasteiger charge is -2.37. The van der Waals surface area contributed by atoms with Gasteiger partial charge in [0.05, 0.1) is 30.3 Å². The number of aliphatic hydroxyl groups is 1. The largest absolute Gasteiger partial charge is 0.378 e. The maximum Gasteiger partial charge on any atom is 0.258 e. The summed E-state index contributed by atoms with van der Waals surface area (Å²) in [7, 11) is 0. The number of carbonyl (C=O) groups excluding carboxylic acids is 2. The molecule has 1 unspecified atom stereocenters. The second kappa shape index (κ2) is 6.92. The number of nitrogens with zero attached hydrogens (tertiary/aromatic N) is 3. The van der Waals surface area contributed by atoms with Gasteiger partial charge < -0.3 is 15.3 Å². The highest BCUT2D eigenvalue weighted by molar-refractivity contribution is 5.97. The molecule has 0 saturated carbocycles. The van der Waals surface area contributed by atoms with Gasteiger partial charge in [-0.15, -0.1) is 0 Å². The first kappa shape index (κ1) is 18.1. The number of anilines is 1. The monoisotopic (exact) mass is 356 g/mol. The Morgan fingerprint density at radius 3 is 2.77 bits per heavy atom. The summed E-state index contributed by atoms with van der Waals surface area (Å²) in [5, 5.41) is 17.7. The Balaban J connectivity index is 1.74. The van der Waals surface area contributed by atoms with Gasteiger partial charge in [0.15, 0.2) is 5.60 Å². The van der Waals surface area contributed by atoms with E-state index in [1.807, 2.05) is 26.0 Å². The van der Waals surface area contributed by atoms with Crippen LogP contribution in [-0.4, -0.2) is 50.3 Å². The highest BCUT2D eigenvalue weighted by Gasteiger charge is 2.41. The van der Waals surface area contributed by atoms with E-state index in [-0.39, 0.29) is 12.5 Å². The van der Waals surface area contributed by atoms with Gasteiger partial charge in [-0.3, -0.25) is 9.59 Å². The number of likely N-dealkylation sites (tertiary alicyclic amines) is 1. The van der Waals surface area contributed by atoms with Gasteiger partial charge in [-0.1, -0.05) is 17.7 Å². The van der Waals surface area contributed by atoms with E-state index < -0.39 is 11.5 Å².